The van der Waals surface area contributed by atoms with E-state index in [1.807, 2.05) is 0 Å². The Hall–Kier alpha value is -0.890. The molecule has 0 aliphatic heterocycles. The van der Waals surface area contributed by atoms with Crippen LogP contribution in [0.3, 0.4) is 0 Å². The van der Waals surface area contributed by atoms with Crippen molar-refractivity contribution < 1.29 is 0 Å². The summed E-state index contributed by atoms with van der Waals surface area (Å²) in [6.07, 6.45) is 0. The van der Waals surface area contributed by atoms with Gasteiger partial charge in [-0.3, -0.25) is 5.43 Å². The average molecular weight is 72.1 g/mol. The Bertz CT molecular complexity index is 50.7. The third kappa shape index (κ3) is 3.11. The Labute approximate surface area is 29.4 Å². The molecule has 5 heavy (non-hydrogen) atoms. The van der Waals surface area contributed by atoms with Crippen molar-refractivity contribution in [2.75, 3.05) is 7.05 Å². The van der Waals surface area contributed by atoms with Crippen LogP contribution in [-0.4, -0.2) is 7.05 Å². The largest absolute Gasteiger partial charge is 0.264 e. The van der Waals surface area contributed by atoms with Gasteiger partial charge >= 0.3 is 0 Å². The summed E-state index contributed by atoms with van der Waals surface area (Å²) in [5, 5.41) is 2.90. The summed E-state index contributed by atoms with van der Waals surface area (Å²) in [6.45, 7) is 0. The van der Waals surface area contributed by atoms with E-state index in [1.165, 1.54) is 0 Å². The van der Waals surface area contributed by atoms with Gasteiger partial charge in [-0.2, -0.15) is 4.91 Å². The molecule has 0 amide bonds. The molecule has 0 rings (SSSR count). The monoisotopic (exact) mass is 72.0 g/mol. The van der Waals surface area contributed by atoms with Gasteiger partial charge < -0.3 is 0 Å². The molecule has 0 spiro atoms. The molecule has 0 saturated heterocycles. The van der Waals surface area contributed by atoms with E-state index in [0.29, 0.717) is 0 Å². The number of nitrogens with one attached hydrogen (secondary N) is 1. The SMILES string of the molecule is CNN=[N+]=[N-]. The number of hydrogen-bond acceptors (Lipinski definition) is 1. The van der Waals surface area contributed by atoms with Crippen molar-refractivity contribution in [1.29, 1.82) is 0 Å². The second kappa shape index (κ2) is 3.11. The van der Waals surface area contributed by atoms with Crippen LogP contribution in [0.1, 0.15) is 0 Å². The van der Waals surface area contributed by atoms with Crippen LogP contribution in [-0.2, 0) is 0 Å². The Kier molecular flexibility index (Phi) is 2.56. The van der Waals surface area contributed by atoms with Crippen LogP contribution in [0.25, 0.3) is 10.4 Å². The van der Waals surface area contributed by atoms with Crippen molar-refractivity contribution in [3.05, 3.63) is 10.4 Å². The maximum atomic E-state index is 7.46. The fraction of sp³-hybridized carbons (Fsp3) is 1.00. The smallest absolute Gasteiger partial charge is 0.0751 e. The Morgan fingerprint density at radius 2 is 2.60 bits per heavy atom. The van der Waals surface area contributed by atoms with Crippen LogP contribution in [0.4, 0.5) is 0 Å². The van der Waals surface area contributed by atoms with Crippen LogP contribution < -0.4 is 5.43 Å². The molecule has 0 aromatic carbocycles. The van der Waals surface area contributed by atoms with Crippen LogP contribution >= 0.6 is 0 Å². The normalized spacial score (nSPS) is 5.00. The van der Waals surface area contributed by atoms with E-state index in [-0.39, 0.29) is 0 Å². The maximum Gasteiger partial charge on any atom is 0.0751 e. The minimum absolute atomic E-state index is 1.54. The van der Waals surface area contributed by atoms with Gasteiger partial charge in [0.05, 0.1) is 7.05 Å². The lowest BCUT2D eigenvalue weighted by atomic mass is 11.5. The van der Waals surface area contributed by atoms with Crippen molar-refractivity contribution in [1.82, 2.24) is 5.43 Å². The molecular formula is CH4N4. The van der Waals surface area contributed by atoms with Gasteiger partial charge in [0.1, 0.15) is 0 Å². The number of hydrogen-bond donors (Lipinski definition) is 1. The molecule has 0 unspecified atom stereocenters. The van der Waals surface area contributed by atoms with Gasteiger partial charge in [0, 0.05) is 0 Å². The van der Waals surface area contributed by atoms with Gasteiger partial charge in [-0.25, -0.2) is 0 Å². The third-order valence-electron chi connectivity index (χ3n) is 0.145. The molecule has 4 nitrogen and oxygen atoms in total. The number of rotatable bonds is 1. The molecule has 0 aromatic heterocycles. The van der Waals surface area contributed by atoms with Crippen molar-refractivity contribution in [3.8, 4) is 0 Å². The van der Waals surface area contributed by atoms with E-state index in [0.717, 1.165) is 0 Å². The van der Waals surface area contributed by atoms with E-state index in [1.54, 1.807) is 7.05 Å². The number of nitrogens with zero attached hydrogens (tertiary/aromatic N) is 3. The molecule has 0 bridgehead atoms. The van der Waals surface area contributed by atoms with Gasteiger partial charge in [-0.1, -0.05) is 0 Å². The van der Waals surface area contributed by atoms with E-state index < -0.39 is 0 Å². The van der Waals surface area contributed by atoms with E-state index in [9.17, 15) is 0 Å². The van der Waals surface area contributed by atoms with Crippen molar-refractivity contribution in [3.63, 3.8) is 0 Å². The summed E-state index contributed by atoms with van der Waals surface area (Å²) in [5.41, 5.74) is 9.69. The molecule has 0 atom stereocenters. The molecule has 0 aliphatic rings. The third-order valence-corrected chi connectivity index (χ3v) is 0.145. The van der Waals surface area contributed by atoms with Gasteiger partial charge in [-0.05, 0) is 5.22 Å². The highest BCUT2D eigenvalue weighted by Gasteiger charge is 1.43. The first-order valence-corrected chi connectivity index (χ1v) is 1.12. The molecule has 0 aliphatic carbocycles. The summed E-state index contributed by atoms with van der Waals surface area (Å²) < 4.78 is 0. The lowest BCUT2D eigenvalue weighted by molar-refractivity contribution is 0.884. The first kappa shape index (κ1) is 4.11. The van der Waals surface area contributed by atoms with Crippen molar-refractivity contribution >= 4 is 0 Å². The van der Waals surface area contributed by atoms with Crippen LogP contribution in [0, 0.1) is 0 Å². The van der Waals surface area contributed by atoms with Gasteiger partial charge in [0.15, 0.2) is 0 Å². The molecule has 0 radical (unpaired) electrons. The minimum atomic E-state index is 1.54. The van der Waals surface area contributed by atoms with Crippen molar-refractivity contribution in [2.24, 2.45) is 5.22 Å². The predicted molar refractivity (Wildman–Crippen MR) is 18.2 cm³/mol. The van der Waals surface area contributed by atoms with E-state index in [4.69, 9.17) is 5.53 Å². The Balaban J connectivity index is 2.93. The second-order valence-electron chi connectivity index (χ2n) is 0.413. The van der Waals surface area contributed by atoms with Crippen LogP contribution in [0.2, 0.25) is 0 Å². The Morgan fingerprint density at radius 3 is 2.60 bits per heavy atom. The Morgan fingerprint density at radius 1 is 2.00 bits per heavy atom. The summed E-state index contributed by atoms with van der Waals surface area (Å²) in [5.74, 6) is 0. The van der Waals surface area contributed by atoms with Gasteiger partial charge in [0.25, 0.3) is 0 Å². The second-order valence-corrected chi connectivity index (χ2v) is 0.413. The van der Waals surface area contributed by atoms with Gasteiger partial charge in [0.2, 0.25) is 0 Å². The molecule has 0 saturated carbocycles. The minimum Gasteiger partial charge on any atom is -0.264 e. The van der Waals surface area contributed by atoms with E-state index >= 15 is 0 Å². The molecular weight excluding hydrogens is 68.0 g/mol. The standard InChI is InChI=1S/CH4N4/c1-3-5-4-2/h3H,1H3. The first-order chi connectivity index (χ1) is 2.41. The summed E-state index contributed by atoms with van der Waals surface area (Å²) in [4.78, 5) is 2.37. The summed E-state index contributed by atoms with van der Waals surface area (Å²) in [6, 6.07) is 0. The predicted octanol–water partition coefficient (Wildman–Crippen LogP) is 0.431. The molecule has 0 aromatic rings. The fourth-order valence-corrected chi connectivity index (χ4v) is 0.0447. The lowest BCUT2D eigenvalue weighted by Gasteiger charge is -1.66. The van der Waals surface area contributed by atoms with E-state index in [2.05, 4.69) is 15.6 Å². The topological polar surface area (TPSA) is 60.8 Å². The fourth-order valence-electron chi connectivity index (χ4n) is 0.0447. The molecule has 28 valence electrons. The van der Waals surface area contributed by atoms with Gasteiger partial charge in [-0.15, -0.1) is 5.53 Å². The number of azide groups is 1. The molecule has 0 heterocycles. The summed E-state index contributed by atoms with van der Waals surface area (Å²) >= 11 is 0. The highest BCUT2D eigenvalue weighted by atomic mass is 15.4. The molecule has 1 N–H and O–H groups in total. The molecule has 0 fully saturated rings. The highest BCUT2D eigenvalue weighted by molar-refractivity contribution is 4.31. The van der Waals surface area contributed by atoms with Crippen molar-refractivity contribution in [2.45, 2.75) is 0 Å². The maximum absolute atomic E-state index is 7.46. The summed E-state index contributed by atoms with van der Waals surface area (Å²) in [7, 11) is 1.54. The van der Waals surface area contributed by atoms with Crippen LogP contribution in [0.15, 0.2) is 5.22 Å². The quantitative estimate of drug-likeness (QED) is 0.207. The average Bonchev–Trinajstić information content (AvgIpc) is 1.41. The molecule has 4 heteroatoms. The zero-order valence-electron chi connectivity index (χ0n) is 2.84. The zero-order chi connectivity index (χ0) is 4.12. The van der Waals surface area contributed by atoms with Crippen LogP contribution in [0.5, 0.6) is 0 Å². The zero-order valence-corrected chi connectivity index (χ0v) is 2.84. The highest BCUT2D eigenvalue weighted by Crippen LogP contribution is 1.47. The lowest BCUT2D eigenvalue weighted by Crippen LogP contribution is -1.87. The first-order valence-electron chi connectivity index (χ1n) is 1.12.